The van der Waals surface area contributed by atoms with Crippen molar-refractivity contribution >= 4 is 29.5 Å². The van der Waals surface area contributed by atoms with Crippen LogP contribution in [0, 0.1) is 6.92 Å². The normalized spacial score (nSPS) is 14.6. The fraction of sp³-hybridized carbons (Fsp3) is 0.136. The topological polar surface area (TPSA) is 74.9 Å². The average Bonchev–Trinajstić information content (AvgIpc) is 3.28. The van der Waals surface area contributed by atoms with Gasteiger partial charge < -0.3 is 14.2 Å². The number of aliphatic imine (C=N–C) groups is 1. The van der Waals surface area contributed by atoms with Gasteiger partial charge in [-0.15, -0.1) is 0 Å². The summed E-state index contributed by atoms with van der Waals surface area (Å²) in [5.74, 6) is -0.799. The second-order valence-electron chi connectivity index (χ2n) is 6.62. The molecule has 0 spiro atoms. The Morgan fingerprint density at radius 3 is 2.59 bits per heavy atom. The molecule has 0 aliphatic carbocycles. The number of rotatable bonds is 6. The van der Waals surface area contributed by atoms with Crippen molar-refractivity contribution in [2.45, 2.75) is 13.5 Å². The minimum atomic E-state index is -3.00. The minimum Gasteiger partial charge on any atom is -0.493 e. The molecule has 164 valence electrons. The van der Waals surface area contributed by atoms with Gasteiger partial charge in [-0.3, -0.25) is 0 Å². The summed E-state index contributed by atoms with van der Waals surface area (Å²) < 4.78 is 41.3. The largest absolute Gasteiger partial charge is 0.493 e. The van der Waals surface area contributed by atoms with Crippen molar-refractivity contribution in [3.8, 4) is 17.2 Å². The van der Waals surface area contributed by atoms with Crippen molar-refractivity contribution in [1.82, 2.24) is 9.78 Å². The monoisotopic (exact) mass is 459 g/mol. The van der Waals surface area contributed by atoms with E-state index < -0.39 is 12.6 Å². The van der Waals surface area contributed by atoms with Crippen molar-refractivity contribution < 1.29 is 27.8 Å². The lowest BCUT2D eigenvalue weighted by Crippen LogP contribution is -2.07. The molecule has 2 heterocycles. The SMILES string of the molecule is COc1cc(C2=N/C(=C\c3c(C)nn(-c4ccccc4)c3Cl)C(=O)O2)ccc1OC(F)F. The van der Waals surface area contributed by atoms with E-state index in [1.54, 1.807) is 11.6 Å². The van der Waals surface area contributed by atoms with Crippen LogP contribution in [0.4, 0.5) is 8.78 Å². The Labute approximate surface area is 186 Å². The number of benzene rings is 2. The number of aryl methyl sites for hydroxylation is 1. The lowest BCUT2D eigenvalue weighted by Gasteiger charge is -2.10. The first-order valence-corrected chi connectivity index (χ1v) is 9.71. The number of aromatic nitrogens is 2. The molecule has 0 bridgehead atoms. The minimum absolute atomic E-state index is 0.00706. The third kappa shape index (κ3) is 4.19. The number of carbonyl (C=O) groups excluding carboxylic acids is 1. The fourth-order valence-corrected chi connectivity index (χ4v) is 3.41. The Balaban J connectivity index is 1.68. The van der Waals surface area contributed by atoms with Crippen LogP contribution in [0.1, 0.15) is 16.8 Å². The van der Waals surface area contributed by atoms with Crippen LogP contribution in [0.15, 0.2) is 59.2 Å². The van der Waals surface area contributed by atoms with Crippen LogP contribution in [0.5, 0.6) is 11.5 Å². The van der Waals surface area contributed by atoms with Crippen LogP contribution in [0.25, 0.3) is 11.8 Å². The van der Waals surface area contributed by atoms with E-state index in [2.05, 4.69) is 14.8 Å². The van der Waals surface area contributed by atoms with E-state index in [0.717, 1.165) is 5.69 Å². The zero-order valence-corrected chi connectivity index (χ0v) is 17.6. The van der Waals surface area contributed by atoms with Gasteiger partial charge in [0.2, 0.25) is 5.90 Å². The maximum absolute atomic E-state index is 12.5. The van der Waals surface area contributed by atoms with Crippen LogP contribution < -0.4 is 9.47 Å². The third-order valence-corrected chi connectivity index (χ3v) is 4.94. The molecule has 4 rings (SSSR count). The zero-order chi connectivity index (χ0) is 22.8. The highest BCUT2D eigenvalue weighted by molar-refractivity contribution is 6.31. The number of hydrogen-bond donors (Lipinski definition) is 0. The Morgan fingerprint density at radius 2 is 1.91 bits per heavy atom. The predicted octanol–water partition coefficient (Wildman–Crippen LogP) is 4.79. The number of halogens is 3. The van der Waals surface area contributed by atoms with E-state index in [-0.39, 0.29) is 23.1 Å². The number of alkyl halides is 2. The quantitative estimate of drug-likeness (QED) is 0.391. The Hall–Kier alpha value is -3.72. The second kappa shape index (κ2) is 8.80. The predicted molar refractivity (Wildman–Crippen MR) is 114 cm³/mol. The van der Waals surface area contributed by atoms with E-state index in [4.69, 9.17) is 21.1 Å². The second-order valence-corrected chi connectivity index (χ2v) is 6.98. The zero-order valence-electron chi connectivity index (χ0n) is 16.9. The first kappa shape index (κ1) is 21.5. The molecular weight excluding hydrogens is 444 g/mol. The molecule has 1 aliphatic heterocycles. The number of cyclic esters (lactones) is 1. The molecule has 0 atom stereocenters. The van der Waals surface area contributed by atoms with Gasteiger partial charge in [0.05, 0.1) is 18.5 Å². The molecule has 0 N–H and O–H groups in total. The van der Waals surface area contributed by atoms with Gasteiger partial charge in [-0.1, -0.05) is 29.8 Å². The molecule has 0 amide bonds. The number of carbonyl (C=O) groups is 1. The molecular formula is C22H16ClF2N3O4. The summed E-state index contributed by atoms with van der Waals surface area (Å²) in [7, 11) is 1.31. The van der Waals surface area contributed by atoms with E-state index in [9.17, 15) is 13.6 Å². The Morgan fingerprint density at radius 1 is 1.16 bits per heavy atom. The molecule has 0 radical (unpaired) electrons. The molecule has 2 aromatic carbocycles. The van der Waals surface area contributed by atoms with Crippen LogP contribution >= 0.6 is 11.6 Å². The van der Waals surface area contributed by atoms with E-state index in [1.807, 2.05) is 30.3 Å². The Bertz CT molecular complexity index is 1240. The van der Waals surface area contributed by atoms with Crippen LogP contribution in [0.3, 0.4) is 0 Å². The van der Waals surface area contributed by atoms with Gasteiger partial charge in [0.25, 0.3) is 0 Å². The maximum atomic E-state index is 12.5. The molecule has 32 heavy (non-hydrogen) atoms. The van der Waals surface area contributed by atoms with Crippen molar-refractivity contribution in [3.05, 3.63) is 76.2 Å². The van der Waals surface area contributed by atoms with Crippen molar-refractivity contribution in [3.63, 3.8) is 0 Å². The average molecular weight is 460 g/mol. The molecule has 1 aliphatic rings. The molecule has 0 saturated heterocycles. The molecule has 0 fully saturated rings. The molecule has 0 unspecified atom stereocenters. The fourth-order valence-electron chi connectivity index (χ4n) is 3.08. The molecule has 1 aromatic heterocycles. The highest BCUT2D eigenvalue weighted by atomic mass is 35.5. The molecule has 0 saturated carbocycles. The lowest BCUT2D eigenvalue weighted by molar-refractivity contribution is -0.129. The number of para-hydroxylation sites is 1. The summed E-state index contributed by atoms with van der Waals surface area (Å²) in [5, 5.41) is 4.74. The summed E-state index contributed by atoms with van der Waals surface area (Å²) in [6, 6.07) is 13.4. The van der Waals surface area contributed by atoms with Gasteiger partial charge in [-0.2, -0.15) is 13.9 Å². The van der Waals surface area contributed by atoms with E-state index in [1.165, 1.54) is 31.4 Å². The van der Waals surface area contributed by atoms with E-state index >= 15 is 0 Å². The van der Waals surface area contributed by atoms with Gasteiger partial charge in [0.1, 0.15) is 5.15 Å². The summed E-state index contributed by atoms with van der Waals surface area (Å²) in [5.41, 5.74) is 2.25. The van der Waals surface area contributed by atoms with Gasteiger partial charge in [-0.25, -0.2) is 14.5 Å². The maximum Gasteiger partial charge on any atom is 0.387 e. The number of nitrogens with zero attached hydrogens (tertiary/aromatic N) is 3. The molecule has 3 aromatic rings. The summed E-state index contributed by atoms with van der Waals surface area (Å²) in [4.78, 5) is 16.6. The van der Waals surface area contributed by atoms with Crippen molar-refractivity contribution in [2.75, 3.05) is 7.11 Å². The van der Waals surface area contributed by atoms with Crippen LogP contribution in [-0.4, -0.2) is 35.4 Å². The van der Waals surface area contributed by atoms with Gasteiger partial charge in [-0.05, 0) is 43.3 Å². The first-order valence-electron chi connectivity index (χ1n) is 9.33. The summed E-state index contributed by atoms with van der Waals surface area (Å²) in [6.45, 7) is -1.24. The Kier molecular flexibility index (Phi) is 5.91. The van der Waals surface area contributed by atoms with E-state index in [0.29, 0.717) is 22.0 Å². The third-order valence-electron chi connectivity index (χ3n) is 4.58. The number of hydrogen-bond acceptors (Lipinski definition) is 6. The van der Waals surface area contributed by atoms with Crippen LogP contribution in [-0.2, 0) is 9.53 Å². The summed E-state index contributed by atoms with van der Waals surface area (Å²) >= 11 is 6.51. The number of ether oxygens (including phenoxy) is 3. The number of methoxy groups -OCH3 is 1. The van der Waals surface area contributed by atoms with Gasteiger partial charge in [0.15, 0.2) is 17.2 Å². The van der Waals surface area contributed by atoms with Crippen molar-refractivity contribution in [2.24, 2.45) is 4.99 Å². The highest BCUT2D eigenvalue weighted by Crippen LogP contribution is 2.32. The van der Waals surface area contributed by atoms with Crippen LogP contribution in [0.2, 0.25) is 5.15 Å². The first-order chi connectivity index (χ1) is 15.4. The van der Waals surface area contributed by atoms with Gasteiger partial charge in [0, 0.05) is 11.1 Å². The van der Waals surface area contributed by atoms with Crippen molar-refractivity contribution in [1.29, 1.82) is 0 Å². The van der Waals surface area contributed by atoms with Gasteiger partial charge >= 0.3 is 12.6 Å². The highest BCUT2D eigenvalue weighted by Gasteiger charge is 2.26. The molecule has 10 heteroatoms. The number of esters is 1. The lowest BCUT2D eigenvalue weighted by atomic mass is 10.2. The summed E-state index contributed by atoms with van der Waals surface area (Å²) in [6.07, 6.45) is 1.49. The molecule has 7 nitrogen and oxygen atoms in total. The standard InChI is InChI=1S/C22H16ClF2N3O4/c1-12-15(19(23)28(27-12)14-6-4-3-5-7-14)11-16-21(29)32-20(26-16)13-8-9-17(31-22(24)25)18(10-13)30-2/h3-11,22H,1-2H3/b16-11-. The smallest absolute Gasteiger partial charge is 0.387 e.